The van der Waals surface area contributed by atoms with Gasteiger partial charge in [-0.3, -0.25) is 4.79 Å². The number of nitrogens with two attached hydrogens (primary N) is 1. The van der Waals surface area contributed by atoms with Gasteiger partial charge in [-0.2, -0.15) is 0 Å². The molecule has 3 unspecified atom stereocenters. The van der Waals surface area contributed by atoms with E-state index in [9.17, 15) is 4.79 Å². The fourth-order valence-electron chi connectivity index (χ4n) is 3.22. The average molecular weight is 298 g/mol. The minimum atomic E-state index is 0.0420. The largest absolute Gasteiger partial charge is 0.378 e. The van der Waals surface area contributed by atoms with Crippen molar-refractivity contribution in [3.8, 4) is 0 Å². The molecule has 0 aromatic heterocycles. The number of carbonyl (C=O) groups excluding carboxylic acids is 1. The molecule has 0 aromatic rings. The van der Waals surface area contributed by atoms with Crippen molar-refractivity contribution in [3.63, 3.8) is 0 Å². The molecule has 1 aliphatic carbocycles. The molecule has 0 saturated heterocycles. The zero-order chi connectivity index (χ0) is 16.0. The van der Waals surface area contributed by atoms with E-state index in [0.717, 1.165) is 25.9 Å². The molecule has 1 saturated carbocycles. The van der Waals surface area contributed by atoms with Crippen LogP contribution in [0.15, 0.2) is 0 Å². The first-order valence-electron chi connectivity index (χ1n) is 8.43. The second-order valence-corrected chi connectivity index (χ2v) is 7.24. The Labute approximate surface area is 130 Å². The summed E-state index contributed by atoms with van der Waals surface area (Å²) in [5.41, 5.74) is 5.69. The van der Waals surface area contributed by atoms with Crippen LogP contribution in [0.5, 0.6) is 0 Å². The number of ether oxygens (including phenoxy) is 1. The van der Waals surface area contributed by atoms with Gasteiger partial charge < -0.3 is 15.8 Å². The molecule has 3 N–H and O–H groups in total. The van der Waals surface area contributed by atoms with E-state index in [2.05, 4.69) is 33.0 Å². The number of amides is 1. The van der Waals surface area contributed by atoms with Crippen molar-refractivity contribution in [1.82, 2.24) is 5.32 Å². The van der Waals surface area contributed by atoms with E-state index in [1.165, 1.54) is 0 Å². The van der Waals surface area contributed by atoms with Crippen LogP contribution < -0.4 is 11.1 Å². The summed E-state index contributed by atoms with van der Waals surface area (Å²) >= 11 is 0. The number of nitrogens with one attached hydrogen (secondary N) is 1. The topological polar surface area (TPSA) is 64.3 Å². The van der Waals surface area contributed by atoms with E-state index in [1.807, 2.05) is 6.92 Å². The van der Waals surface area contributed by atoms with Crippen LogP contribution in [0.25, 0.3) is 0 Å². The summed E-state index contributed by atoms with van der Waals surface area (Å²) < 4.78 is 5.70. The summed E-state index contributed by atoms with van der Waals surface area (Å²) in [6.07, 6.45) is 3.75. The number of hydrogen-bond donors (Lipinski definition) is 2. The SMILES string of the molecule is CCOC1CC(NC(=O)CCC(CCN)C(C)C)C1(C)C. The number of rotatable bonds is 9. The van der Waals surface area contributed by atoms with Gasteiger partial charge in [-0.15, -0.1) is 0 Å². The lowest BCUT2D eigenvalue weighted by molar-refractivity contribution is -0.136. The van der Waals surface area contributed by atoms with Crippen molar-refractivity contribution in [2.45, 2.75) is 72.4 Å². The van der Waals surface area contributed by atoms with Crippen molar-refractivity contribution in [2.75, 3.05) is 13.2 Å². The van der Waals surface area contributed by atoms with Gasteiger partial charge in [0.05, 0.1) is 6.10 Å². The third-order valence-electron chi connectivity index (χ3n) is 5.10. The molecule has 3 atom stereocenters. The minimum Gasteiger partial charge on any atom is -0.378 e. The van der Waals surface area contributed by atoms with Crippen LogP contribution in [0.4, 0.5) is 0 Å². The Balaban J connectivity index is 2.35. The first kappa shape index (κ1) is 18.4. The first-order chi connectivity index (χ1) is 9.82. The minimum absolute atomic E-state index is 0.0420. The van der Waals surface area contributed by atoms with Gasteiger partial charge in [-0.1, -0.05) is 27.7 Å². The van der Waals surface area contributed by atoms with Gasteiger partial charge in [-0.05, 0) is 44.6 Å². The van der Waals surface area contributed by atoms with Crippen molar-refractivity contribution in [1.29, 1.82) is 0 Å². The number of hydrogen-bond acceptors (Lipinski definition) is 3. The molecule has 124 valence electrons. The molecule has 0 bridgehead atoms. The molecule has 0 radical (unpaired) electrons. The van der Waals surface area contributed by atoms with E-state index in [4.69, 9.17) is 10.5 Å². The summed E-state index contributed by atoms with van der Waals surface area (Å²) in [7, 11) is 0. The molecule has 1 amide bonds. The summed E-state index contributed by atoms with van der Waals surface area (Å²) in [5.74, 6) is 1.31. The highest BCUT2D eigenvalue weighted by Gasteiger charge is 2.49. The maximum atomic E-state index is 12.1. The highest BCUT2D eigenvalue weighted by Crippen LogP contribution is 2.42. The van der Waals surface area contributed by atoms with Crippen LogP contribution in [0, 0.1) is 17.3 Å². The Hall–Kier alpha value is -0.610. The second kappa shape index (κ2) is 8.14. The molecular formula is C17H34N2O2. The summed E-state index contributed by atoms with van der Waals surface area (Å²) in [6, 6.07) is 0.244. The molecule has 4 heteroatoms. The Kier molecular flexibility index (Phi) is 7.14. The molecule has 0 spiro atoms. The van der Waals surface area contributed by atoms with Gasteiger partial charge >= 0.3 is 0 Å². The average Bonchev–Trinajstić information content (AvgIpc) is 2.42. The van der Waals surface area contributed by atoms with Crippen molar-refractivity contribution in [3.05, 3.63) is 0 Å². The molecular weight excluding hydrogens is 264 g/mol. The number of carbonyl (C=O) groups is 1. The quantitative estimate of drug-likeness (QED) is 0.688. The van der Waals surface area contributed by atoms with Crippen LogP contribution in [0.3, 0.4) is 0 Å². The molecule has 0 aliphatic heterocycles. The Morgan fingerprint density at radius 2 is 2.05 bits per heavy atom. The van der Waals surface area contributed by atoms with Gasteiger partial charge in [0, 0.05) is 24.5 Å². The molecule has 0 aromatic carbocycles. The maximum Gasteiger partial charge on any atom is 0.220 e. The van der Waals surface area contributed by atoms with Gasteiger partial charge in [0.15, 0.2) is 0 Å². The first-order valence-corrected chi connectivity index (χ1v) is 8.43. The van der Waals surface area contributed by atoms with Crippen LogP contribution in [-0.2, 0) is 9.53 Å². The standard InChI is InChI=1S/C17H34N2O2/c1-6-21-15-11-14(17(15,4)5)19-16(20)8-7-13(9-10-18)12(2)3/h12-15H,6-11,18H2,1-5H3,(H,19,20). The van der Waals surface area contributed by atoms with Gasteiger partial charge in [0.2, 0.25) is 5.91 Å². The van der Waals surface area contributed by atoms with Crippen LogP contribution in [-0.4, -0.2) is 31.2 Å². The molecule has 21 heavy (non-hydrogen) atoms. The van der Waals surface area contributed by atoms with Gasteiger partial charge in [0.25, 0.3) is 0 Å². The van der Waals surface area contributed by atoms with Gasteiger partial charge in [-0.25, -0.2) is 0 Å². The highest BCUT2D eigenvalue weighted by molar-refractivity contribution is 5.76. The predicted octanol–water partition coefficient (Wildman–Crippen LogP) is 2.71. The fraction of sp³-hybridized carbons (Fsp3) is 0.941. The van der Waals surface area contributed by atoms with Crippen LogP contribution in [0.2, 0.25) is 0 Å². The monoisotopic (exact) mass is 298 g/mol. The third kappa shape index (κ3) is 4.96. The Morgan fingerprint density at radius 1 is 1.38 bits per heavy atom. The molecule has 0 heterocycles. The normalized spacial score (nSPS) is 25.5. The predicted molar refractivity (Wildman–Crippen MR) is 87.0 cm³/mol. The highest BCUT2D eigenvalue weighted by atomic mass is 16.5. The van der Waals surface area contributed by atoms with Crippen LogP contribution >= 0.6 is 0 Å². The summed E-state index contributed by atoms with van der Waals surface area (Å²) in [5, 5.41) is 3.18. The summed E-state index contributed by atoms with van der Waals surface area (Å²) in [6.45, 7) is 12.2. The molecule has 1 fully saturated rings. The Bertz CT molecular complexity index is 329. The van der Waals surface area contributed by atoms with E-state index in [1.54, 1.807) is 0 Å². The van der Waals surface area contributed by atoms with E-state index in [-0.39, 0.29) is 23.5 Å². The molecule has 1 rings (SSSR count). The van der Waals surface area contributed by atoms with E-state index >= 15 is 0 Å². The van der Waals surface area contributed by atoms with Crippen molar-refractivity contribution < 1.29 is 9.53 Å². The lowest BCUT2D eigenvalue weighted by Crippen LogP contribution is -2.62. The second-order valence-electron chi connectivity index (χ2n) is 7.24. The van der Waals surface area contributed by atoms with Crippen LogP contribution in [0.1, 0.15) is 60.3 Å². The maximum absolute atomic E-state index is 12.1. The smallest absolute Gasteiger partial charge is 0.220 e. The Morgan fingerprint density at radius 3 is 2.52 bits per heavy atom. The van der Waals surface area contributed by atoms with E-state index < -0.39 is 0 Å². The zero-order valence-electron chi connectivity index (χ0n) is 14.4. The molecule has 4 nitrogen and oxygen atoms in total. The van der Waals surface area contributed by atoms with E-state index in [0.29, 0.717) is 24.8 Å². The lowest BCUT2D eigenvalue weighted by Gasteiger charge is -2.51. The third-order valence-corrected chi connectivity index (χ3v) is 5.10. The zero-order valence-corrected chi connectivity index (χ0v) is 14.4. The van der Waals surface area contributed by atoms with Gasteiger partial charge in [0.1, 0.15) is 0 Å². The molecule has 1 aliphatic rings. The van der Waals surface area contributed by atoms with Crippen molar-refractivity contribution >= 4 is 5.91 Å². The van der Waals surface area contributed by atoms with Crippen molar-refractivity contribution in [2.24, 2.45) is 23.0 Å². The summed E-state index contributed by atoms with van der Waals surface area (Å²) in [4.78, 5) is 12.1. The lowest BCUT2D eigenvalue weighted by atomic mass is 9.64. The fourth-order valence-corrected chi connectivity index (χ4v) is 3.22.